The van der Waals surface area contributed by atoms with Gasteiger partial charge in [-0.1, -0.05) is 12.1 Å². The number of fused-ring (bicyclic) bond motifs is 1. The van der Waals surface area contributed by atoms with Crippen molar-refractivity contribution in [3.05, 3.63) is 53.6 Å². The molecule has 1 N–H and O–H groups in total. The third-order valence-corrected chi connectivity index (χ3v) is 3.81. The number of benzene rings is 1. The van der Waals surface area contributed by atoms with Gasteiger partial charge in [-0.15, -0.1) is 0 Å². The van der Waals surface area contributed by atoms with E-state index in [1.165, 1.54) is 0 Å². The number of imidazole rings is 1. The van der Waals surface area contributed by atoms with Gasteiger partial charge in [0, 0.05) is 38.6 Å². The number of rotatable bonds is 4. The third-order valence-electron chi connectivity index (χ3n) is 3.81. The van der Waals surface area contributed by atoms with Crippen LogP contribution >= 0.6 is 0 Å². The minimum Gasteiger partial charge on any atom is -0.478 e. The number of aromatic nitrogens is 2. The Hall–Kier alpha value is -2.14. The van der Waals surface area contributed by atoms with E-state index in [-0.39, 0.29) is 0 Å². The molecule has 20 heavy (non-hydrogen) atoms. The third kappa shape index (κ3) is 2.58. The number of carboxylic acid groups (broad SMARTS) is 1. The molecule has 2 heterocycles. The number of carbonyl (C=O) groups is 1. The molecule has 2 aromatic rings. The number of hydrogen-bond donors (Lipinski definition) is 1. The topological polar surface area (TPSA) is 58.4 Å². The molecule has 0 saturated heterocycles. The van der Waals surface area contributed by atoms with Gasteiger partial charge in [-0.3, -0.25) is 4.90 Å². The van der Waals surface area contributed by atoms with E-state index in [0.717, 1.165) is 43.7 Å². The van der Waals surface area contributed by atoms with E-state index in [2.05, 4.69) is 14.5 Å². The average Bonchev–Trinajstić information content (AvgIpc) is 2.97. The molecular formula is C15H17N3O2. The Kier molecular flexibility index (Phi) is 3.52. The maximum absolute atomic E-state index is 11.2. The monoisotopic (exact) mass is 271 g/mol. The number of aromatic carboxylic acids is 1. The SMILES string of the molecule is O=C(O)c1cccc2c1CCN(CCn1ccnc1)C2. The second-order valence-corrected chi connectivity index (χ2v) is 5.08. The lowest BCUT2D eigenvalue weighted by Gasteiger charge is -2.29. The first-order chi connectivity index (χ1) is 9.74. The van der Waals surface area contributed by atoms with Crippen LogP contribution in [0.15, 0.2) is 36.9 Å². The van der Waals surface area contributed by atoms with E-state index in [1.54, 1.807) is 12.3 Å². The molecule has 0 radical (unpaired) electrons. The van der Waals surface area contributed by atoms with Gasteiger partial charge in [0.25, 0.3) is 0 Å². The number of nitrogens with zero attached hydrogens (tertiary/aromatic N) is 3. The quantitative estimate of drug-likeness (QED) is 0.918. The maximum Gasteiger partial charge on any atom is 0.335 e. The van der Waals surface area contributed by atoms with Gasteiger partial charge >= 0.3 is 5.97 Å². The fourth-order valence-corrected chi connectivity index (χ4v) is 2.74. The van der Waals surface area contributed by atoms with Crippen molar-refractivity contribution < 1.29 is 9.90 Å². The van der Waals surface area contributed by atoms with Gasteiger partial charge in [-0.05, 0) is 23.6 Å². The molecule has 5 nitrogen and oxygen atoms in total. The van der Waals surface area contributed by atoms with Gasteiger partial charge in [0.05, 0.1) is 11.9 Å². The van der Waals surface area contributed by atoms with Crippen molar-refractivity contribution in [1.29, 1.82) is 0 Å². The Morgan fingerprint density at radius 2 is 2.25 bits per heavy atom. The van der Waals surface area contributed by atoms with E-state index < -0.39 is 5.97 Å². The fraction of sp³-hybridized carbons (Fsp3) is 0.333. The van der Waals surface area contributed by atoms with E-state index in [9.17, 15) is 9.90 Å². The summed E-state index contributed by atoms with van der Waals surface area (Å²) < 4.78 is 2.06. The highest BCUT2D eigenvalue weighted by Gasteiger charge is 2.20. The summed E-state index contributed by atoms with van der Waals surface area (Å²) in [5.41, 5.74) is 2.59. The van der Waals surface area contributed by atoms with Crippen molar-refractivity contribution in [2.75, 3.05) is 13.1 Å². The van der Waals surface area contributed by atoms with E-state index in [1.807, 2.05) is 24.7 Å². The second kappa shape index (κ2) is 5.46. The van der Waals surface area contributed by atoms with Crippen LogP contribution in [0.4, 0.5) is 0 Å². The Labute approximate surface area is 117 Å². The highest BCUT2D eigenvalue weighted by molar-refractivity contribution is 5.89. The lowest BCUT2D eigenvalue weighted by atomic mass is 9.94. The molecular weight excluding hydrogens is 254 g/mol. The highest BCUT2D eigenvalue weighted by atomic mass is 16.4. The number of hydrogen-bond acceptors (Lipinski definition) is 3. The van der Waals surface area contributed by atoms with Gasteiger partial charge in [-0.25, -0.2) is 9.78 Å². The van der Waals surface area contributed by atoms with Crippen molar-refractivity contribution in [2.45, 2.75) is 19.5 Å². The molecule has 0 fully saturated rings. The molecule has 0 unspecified atom stereocenters. The van der Waals surface area contributed by atoms with Crippen molar-refractivity contribution in [3.8, 4) is 0 Å². The minimum absolute atomic E-state index is 0.455. The molecule has 0 aliphatic carbocycles. The zero-order valence-corrected chi connectivity index (χ0v) is 11.2. The lowest BCUT2D eigenvalue weighted by molar-refractivity contribution is 0.0694. The molecule has 0 bridgehead atoms. The van der Waals surface area contributed by atoms with Crippen LogP contribution in [0.3, 0.4) is 0 Å². The molecule has 0 saturated carbocycles. The van der Waals surface area contributed by atoms with Crippen molar-refractivity contribution >= 4 is 5.97 Å². The maximum atomic E-state index is 11.2. The van der Waals surface area contributed by atoms with E-state index >= 15 is 0 Å². The fourth-order valence-electron chi connectivity index (χ4n) is 2.74. The van der Waals surface area contributed by atoms with Gasteiger partial charge in [0.15, 0.2) is 0 Å². The van der Waals surface area contributed by atoms with Crippen LogP contribution < -0.4 is 0 Å². The first kappa shape index (κ1) is 12.9. The van der Waals surface area contributed by atoms with Crippen LogP contribution in [0, 0.1) is 0 Å². The average molecular weight is 271 g/mol. The molecule has 0 spiro atoms. The molecule has 104 valence electrons. The predicted octanol–water partition coefficient (Wildman–Crippen LogP) is 1.64. The minimum atomic E-state index is -0.825. The smallest absolute Gasteiger partial charge is 0.335 e. The lowest BCUT2D eigenvalue weighted by Crippen LogP contribution is -2.33. The van der Waals surface area contributed by atoms with Crippen LogP contribution in [-0.2, 0) is 19.5 Å². The summed E-state index contributed by atoms with van der Waals surface area (Å²) in [6.45, 7) is 3.60. The van der Waals surface area contributed by atoms with Crippen LogP contribution in [0.5, 0.6) is 0 Å². The summed E-state index contributed by atoms with van der Waals surface area (Å²) in [6.07, 6.45) is 6.37. The van der Waals surface area contributed by atoms with E-state index in [4.69, 9.17) is 0 Å². The highest BCUT2D eigenvalue weighted by Crippen LogP contribution is 2.22. The summed E-state index contributed by atoms with van der Waals surface area (Å²) in [6, 6.07) is 5.56. The first-order valence-corrected chi connectivity index (χ1v) is 6.76. The van der Waals surface area contributed by atoms with Gasteiger partial charge in [-0.2, -0.15) is 0 Å². The van der Waals surface area contributed by atoms with Gasteiger partial charge < -0.3 is 9.67 Å². The summed E-state index contributed by atoms with van der Waals surface area (Å²) in [4.78, 5) is 17.6. The summed E-state index contributed by atoms with van der Waals surface area (Å²) in [7, 11) is 0. The van der Waals surface area contributed by atoms with E-state index in [0.29, 0.717) is 5.56 Å². The molecule has 1 aromatic heterocycles. The zero-order chi connectivity index (χ0) is 13.9. The molecule has 1 aliphatic rings. The standard InChI is InChI=1S/C15H17N3O2/c19-15(20)14-3-1-2-12-10-17(6-4-13(12)14)8-9-18-7-5-16-11-18/h1-3,5,7,11H,4,6,8-10H2,(H,19,20). The van der Waals surface area contributed by atoms with Crippen LogP contribution in [0.1, 0.15) is 21.5 Å². The van der Waals surface area contributed by atoms with Crippen molar-refractivity contribution in [1.82, 2.24) is 14.5 Å². The summed E-state index contributed by atoms with van der Waals surface area (Å²) in [5.74, 6) is -0.825. The van der Waals surface area contributed by atoms with Crippen LogP contribution in [0.2, 0.25) is 0 Å². The normalized spacial score (nSPS) is 15.0. The van der Waals surface area contributed by atoms with Crippen molar-refractivity contribution in [2.24, 2.45) is 0 Å². The summed E-state index contributed by atoms with van der Waals surface area (Å²) in [5, 5.41) is 9.21. The molecule has 5 heteroatoms. The Balaban J connectivity index is 1.69. The Bertz CT molecular complexity index is 608. The molecule has 1 aliphatic heterocycles. The van der Waals surface area contributed by atoms with Gasteiger partial charge in [0.2, 0.25) is 0 Å². The van der Waals surface area contributed by atoms with Crippen molar-refractivity contribution in [3.63, 3.8) is 0 Å². The summed E-state index contributed by atoms with van der Waals surface area (Å²) >= 11 is 0. The zero-order valence-electron chi connectivity index (χ0n) is 11.2. The molecule has 0 atom stereocenters. The predicted molar refractivity (Wildman–Crippen MR) is 74.6 cm³/mol. The Morgan fingerprint density at radius 3 is 3.00 bits per heavy atom. The largest absolute Gasteiger partial charge is 0.478 e. The second-order valence-electron chi connectivity index (χ2n) is 5.08. The number of carboxylic acids is 1. The van der Waals surface area contributed by atoms with Gasteiger partial charge in [0.1, 0.15) is 0 Å². The van der Waals surface area contributed by atoms with Crippen LogP contribution in [-0.4, -0.2) is 38.6 Å². The first-order valence-electron chi connectivity index (χ1n) is 6.76. The molecule has 1 aromatic carbocycles. The Morgan fingerprint density at radius 1 is 1.35 bits per heavy atom. The molecule has 3 rings (SSSR count). The van der Waals surface area contributed by atoms with Crippen LogP contribution in [0.25, 0.3) is 0 Å². The molecule has 0 amide bonds.